The third-order valence-corrected chi connectivity index (χ3v) is 5.12. The number of fused-ring (bicyclic) bond motifs is 1. The van der Waals surface area contributed by atoms with Gasteiger partial charge in [0.15, 0.2) is 23.2 Å². The number of ether oxygens (including phenoxy) is 1. The van der Waals surface area contributed by atoms with Crippen LogP contribution in [0.5, 0.6) is 0 Å². The Kier molecular flexibility index (Phi) is 7.02. The molecular weight excluding hydrogens is 420 g/mol. The molecule has 0 amide bonds. The van der Waals surface area contributed by atoms with E-state index >= 15 is 0 Å². The van der Waals surface area contributed by atoms with Crippen LogP contribution in [-0.2, 0) is 19.3 Å². The summed E-state index contributed by atoms with van der Waals surface area (Å²) in [6, 6.07) is 0. The molecule has 0 radical (unpaired) electrons. The quantitative estimate of drug-likeness (QED) is 0.175. The van der Waals surface area contributed by atoms with Crippen molar-refractivity contribution in [1.82, 2.24) is 30.2 Å². The topological polar surface area (TPSA) is 199 Å². The highest BCUT2D eigenvalue weighted by atomic mass is 32.3. The number of aromatic nitrogens is 4. The molecule has 1 saturated heterocycles. The van der Waals surface area contributed by atoms with Crippen LogP contribution in [0.1, 0.15) is 12.6 Å². The summed E-state index contributed by atoms with van der Waals surface area (Å²) >= 11 is 0. The lowest BCUT2D eigenvalue weighted by Crippen LogP contribution is -2.41. The van der Waals surface area contributed by atoms with E-state index in [1.807, 2.05) is 7.05 Å². The largest absolute Gasteiger partial charge is 0.397 e. The number of aliphatic hydroxyl groups excluding tert-OH is 1. The van der Waals surface area contributed by atoms with Gasteiger partial charge in [-0.05, 0) is 26.6 Å². The van der Waals surface area contributed by atoms with E-state index in [9.17, 15) is 13.5 Å². The molecule has 14 nitrogen and oxygen atoms in total. The molecule has 0 unspecified atom stereocenters. The second kappa shape index (κ2) is 9.34. The summed E-state index contributed by atoms with van der Waals surface area (Å²) in [4.78, 5) is 12.4. The van der Waals surface area contributed by atoms with E-state index in [-0.39, 0.29) is 24.0 Å². The Balaban J connectivity index is 1.90. The normalized spacial score (nSPS) is 24.5. The highest BCUT2D eigenvalue weighted by molar-refractivity contribution is 7.80. The van der Waals surface area contributed by atoms with Crippen LogP contribution in [0.15, 0.2) is 6.33 Å². The Morgan fingerprint density at radius 3 is 2.77 bits per heavy atom. The van der Waals surface area contributed by atoms with Gasteiger partial charge in [-0.3, -0.25) is 9.12 Å². The summed E-state index contributed by atoms with van der Waals surface area (Å²) in [6.07, 6.45) is -2.75. The Morgan fingerprint density at radius 2 is 2.10 bits per heavy atom. The van der Waals surface area contributed by atoms with Gasteiger partial charge in [0.1, 0.15) is 24.6 Å². The summed E-state index contributed by atoms with van der Waals surface area (Å²) in [5, 5.41) is 19.8. The smallest absolute Gasteiger partial charge is 0.385 e. The van der Waals surface area contributed by atoms with Crippen molar-refractivity contribution in [3.8, 4) is 0 Å². The SMILES string of the molecule is CNCCCNC[C@H]1O[C@@H](n2c(NC)nc3c(N)ncnc32)[C@H](O)[C@@H]1OS(=O)(=O)O. The fourth-order valence-electron chi connectivity index (χ4n) is 3.33. The number of nitrogens with two attached hydrogens (primary N) is 1. The molecule has 15 heteroatoms. The molecule has 4 atom stereocenters. The van der Waals surface area contributed by atoms with Gasteiger partial charge in [0, 0.05) is 13.6 Å². The van der Waals surface area contributed by atoms with Crippen molar-refractivity contribution in [2.75, 3.05) is 44.8 Å². The molecule has 7 N–H and O–H groups in total. The zero-order valence-corrected chi connectivity index (χ0v) is 17.3. The van der Waals surface area contributed by atoms with Crippen LogP contribution in [0.4, 0.5) is 11.8 Å². The maximum atomic E-state index is 11.3. The maximum absolute atomic E-state index is 11.3. The van der Waals surface area contributed by atoms with Crippen molar-refractivity contribution >= 4 is 33.3 Å². The summed E-state index contributed by atoms with van der Waals surface area (Å²) < 4.78 is 43.9. The summed E-state index contributed by atoms with van der Waals surface area (Å²) in [6.45, 7) is 1.60. The molecule has 168 valence electrons. The molecule has 1 aliphatic rings. The zero-order chi connectivity index (χ0) is 21.9. The van der Waals surface area contributed by atoms with Crippen LogP contribution in [0, 0.1) is 0 Å². The Morgan fingerprint density at radius 1 is 1.33 bits per heavy atom. The van der Waals surface area contributed by atoms with Crippen LogP contribution in [0.3, 0.4) is 0 Å². The number of nitrogens with zero attached hydrogens (tertiary/aromatic N) is 4. The van der Waals surface area contributed by atoms with E-state index in [4.69, 9.17) is 19.2 Å². The van der Waals surface area contributed by atoms with E-state index in [1.54, 1.807) is 7.05 Å². The minimum absolute atomic E-state index is 0.135. The lowest BCUT2D eigenvalue weighted by atomic mass is 10.1. The number of nitrogen functional groups attached to an aromatic ring is 1. The average Bonchev–Trinajstić information content (AvgIpc) is 3.20. The van der Waals surface area contributed by atoms with Gasteiger partial charge in [0.2, 0.25) is 5.95 Å². The second-order valence-electron chi connectivity index (χ2n) is 6.69. The van der Waals surface area contributed by atoms with Crippen LogP contribution in [0.2, 0.25) is 0 Å². The molecular formula is C15H26N8O6S. The van der Waals surface area contributed by atoms with Gasteiger partial charge >= 0.3 is 10.4 Å². The predicted octanol–water partition coefficient (Wildman–Crippen LogP) is -1.90. The molecule has 0 spiro atoms. The van der Waals surface area contributed by atoms with Gasteiger partial charge in [-0.2, -0.15) is 8.42 Å². The van der Waals surface area contributed by atoms with Crippen LogP contribution < -0.4 is 21.7 Å². The monoisotopic (exact) mass is 446 g/mol. The lowest BCUT2D eigenvalue weighted by molar-refractivity contribution is -0.0328. The second-order valence-corrected chi connectivity index (χ2v) is 7.74. The zero-order valence-electron chi connectivity index (χ0n) is 16.5. The molecule has 1 fully saturated rings. The lowest BCUT2D eigenvalue weighted by Gasteiger charge is -2.19. The van der Waals surface area contributed by atoms with Gasteiger partial charge < -0.3 is 31.5 Å². The Labute approximate surface area is 173 Å². The number of nitrogens with one attached hydrogen (secondary N) is 3. The minimum Gasteiger partial charge on any atom is -0.385 e. The number of imidazole rings is 1. The summed E-state index contributed by atoms with van der Waals surface area (Å²) in [7, 11) is -1.39. The first-order valence-corrected chi connectivity index (χ1v) is 10.6. The summed E-state index contributed by atoms with van der Waals surface area (Å²) in [5.41, 5.74) is 6.43. The number of hydrogen-bond donors (Lipinski definition) is 6. The van der Waals surface area contributed by atoms with Crippen molar-refractivity contribution < 1.29 is 27.0 Å². The molecule has 30 heavy (non-hydrogen) atoms. The van der Waals surface area contributed by atoms with Gasteiger partial charge in [0.05, 0.1) is 0 Å². The first-order chi connectivity index (χ1) is 14.3. The first kappa shape index (κ1) is 22.5. The van der Waals surface area contributed by atoms with Crippen molar-refractivity contribution in [3.63, 3.8) is 0 Å². The van der Waals surface area contributed by atoms with Gasteiger partial charge in [-0.1, -0.05) is 0 Å². The van der Waals surface area contributed by atoms with Crippen LogP contribution >= 0.6 is 0 Å². The van der Waals surface area contributed by atoms with Crippen LogP contribution in [0.25, 0.3) is 11.2 Å². The van der Waals surface area contributed by atoms with Gasteiger partial charge in [-0.25, -0.2) is 19.1 Å². The van der Waals surface area contributed by atoms with E-state index in [2.05, 4.69) is 30.9 Å². The molecule has 0 aliphatic carbocycles. The molecule has 1 aliphatic heterocycles. The molecule has 3 heterocycles. The molecule has 0 bridgehead atoms. The van der Waals surface area contributed by atoms with Crippen molar-refractivity contribution in [2.24, 2.45) is 0 Å². The molecule has 3 rings (SSSR count). The third kappa shape index (κ3) is 4.77. The maximum Gasteiger partial charge on any atom is 0.397 e. The minimum atomic E-state index is -4.83. The van der Waals surface area contributed by atoms with Gasteiger partial charge in [0.25, 0.3) is 0 Å². The number of rotatable bonds is 10. The molecule has 2 aromatic rings. The van der Waals surface area contributed by atoms with Gasteiger partial charge in [-0.15, -0.1) is 0 Å². The number of aliphatic hydroxyl groups is 1. The summed E-state index contributed by atoms with van der Waals surface area (Å²) in [5.74, 6) is 0.408. The number of anilines is 2. The Bertz CT molecular complexity index is 969. The van der Waals surface area contributed by atoms with Crippen LogP contribution in [-0.4, -0.2) is 89.6 Å². The predicted molar refractivity (Wildman–Crippen MR) is 107 cm³/mol. The standard InChI is InChI=1S/C15H26N8O6S/c1-17-4-3-5-19-6-8-11(29-30(25,26)27)10(24)14(28-8)23-13-9(22-15(23)18-2)12(16)20-7-21-13/h7-8,10-11,14,17,19,24H,3-6H2,1-2H3,(H,18,22)(H2,16,20,21)(H,25,26,27)/t8-,10-,11-,14-/m1/s1. The highest BCUT2D eigenvalue weighted by Gasteiger charge is 2.48. The molecule has 0 aromatic carbocycles. The fourth-order valence-corrected chi connectivity index (χ4v) is 3.85. The van der Waals surface area contributed by atoms with E-state index in [0.29, 0.717) is 12.1 Å². The number of hydrogen-bond acceptors (Lipinski definition) is 12. The van der Waals surface area contributed by atoms with E-state index < -0.39 is 34.9 Å². The molecule has 2 aromatic heterocycles. The fraction of sp³-hybridized carbons (Fsp3) is 0.667. The average molecular weight is 446 g/mol. The van der Waals surface area contributed by atoms with Crippen molar-refractivity contribution in [2.45, 2.75) is 31.0 Å². The van der Waals surface area contributed by atoms with E-state index in [1.165, 1.54) is 10.9 Å². The third-order valence-electron chi connectivity index (χ3n) is 4.65. The Hall–Kier alpha value is -2.14. The molecule has 0 saturated carbocycles. The highest BCUT2D eigenvalue weighted by Crippen LogP contribution is 2.36. The van der Waals surface area contributed by atoms with E-state index in [0.717, 1.165) is 13.0 Å². The first-order valence-electron chi connectivity index (χ1n) is 9.27. The van der Waals surface area contributed by atoms with Crippen molar-refractivity contribution in [3.05, 3.63) is 6.33 Å². The van der Waals surface area contributed by atoms with Crippen molar-refractivity contribution in [1.29, 1.82) is 0 Å².